The normalized spacial score (nSPS) is 21.7. The van der Waals surface area contributed by atoms with Crippen molar-refractivity contribution >= 4 is 16.8 Å². The maximum absolute atomic E-state index is 13.8. The Morgan fingerprint density at radius 2 is 1.91 bits per heavy atom. The van der Waals surface area contributed by atoms with Crippen LogP contribution >= 0.6 is 0 Å². The first-order valence-electron chi connectivity index (χ1n) is 11.2. The Morgan fingerprint density at radius 1 is 1.12 bits per heavy atom. The first kappa shape index (κ1) is 22.9. The van der Waals surface area contributed by atoms with Crippen LogP contribution in [0.15, 0.2) is 41.5 Å². The Hall–Kier alpha value is -3.29. The lowest BCUT2D eigenvalue weighted by Crippen LogP contribution is -2.18. The van der Waals surface area contributed by atoms with E-state index in [4.69, 9.17) is 10.5 Å². The summed E-state index contributed by atoms with van der Waals surface area (Å²) in [4.78, 5) is 29.0. The number of nitrogens with two attached hydrogens (primary N) is 1. The van der Waals surface area contributed by atoms with Gasteiger partial charge in [-0.15, -0.1) is 0 Å². The summed E-state index contributed by atoms with van der Waals surface area (Å²) in [6.07, 6.45) is 10.3. The maximum Gasteiger partial charge on any atom is 0.268 e. The van der Waals surface area contributed by atoms with Gasteiger partial charge in [0, 0.05) is 24.0 Å². The number of amides is 1. The van der Waals surface area contributed by atoms with Crippen LogP contribution in [-0.2, 0) is 0 Å². The van der Waals surface area contributed by atoms with E-state index in [0.29, 0.717) is 17.4 Å². The monoisotopic (exact) mass is 455 g/mol. The Balaban J connectivity index is 0.000000165. The third-order valence-electron chi connectivity index (χ3n) is 6.92. The fourth-order valence-electron chi connectivity index (χ4n) is 5.47. The molecule has 8 heteroatoms. The largest absolute Gasteiger partial charge is 0.493 e. The number of primary amides is 1. The zero-order chi connectivity index (χ0) is 23.5. The number of H-pyrrole nitrogens is 1. The zero-order valence-corrected chi connectivity index (χ0v) is 18.4. The number of pyridine rings is 2. The van der Waals surface area contributed by atoms with Gasteiger partial charge in [-0.25, -0.2) is 4.39 Å². The molecule has 6 nitrogen and oxygen atoms in total. The van der Waals surface area contributed by atoms with Gasteiger partial charge >= 0.3 is 0 Å². The van der Waals surface area contributed by atoms with Crippen molar-refractivity contribution in [3.05, 3.63) is 69.8 Å². The van der Waals surface area contributed by atoms with Gasteiger partial charge in [-0.3, -0.25) is 14.6 Å². The molecule has 3 N–H and O–H groups in total. The van der Waals surface area contributed by atoms with E-state index in [1.54, 1.807) is 12.1 Å². The summed E-state index contributed by atoms with van der Waals surface area (Å²) in [5.74, 6) is -0.485. The molecule has 1 amide bonds. The minimum absolute atomic E-state index is 0.00403. The number of nitrogens with one attached hydrogen (secondary N) is 1. The molecule has 2 aliphatic carbocycles. The number of hydrogen-bond acceptors (Lipinski definition) is 4. The minimum Gasteiger partial charge on any atom is -0.493 e. The number of aromatic amines is 1. The summed E-state index contributed by atoms with van der Waals surface area (Å²) in [5.41, 5.74) is 6.26. The van der Waals surface area contributed by atoms with Gasteiger partial charge in [0.25, 0.3) is 5.91 Å². The zero-order valence-electron chi connectivity index (χ0n) is 18.4. The first-order chi connectivity index (χ1) is 15.9. The number of nitrogens with zero attached hydrogens (tertiary/aromatic N) is 1. The molecule has 1 unspecified atom stereocenters. The molecule has 2 saturated carbocycles. The van der Waals surface area contributed by atoms with Crippen LogP contribution in [0.25, 0.3) is 10.9 Å². The number of benzene rings is 1. The fraction of sp³-hybridized carbons (Fsp3) is 0.400. The van der Waals surface area contributed by atoms with E-state index in [1.807, 2.05) is 0 Å². The number of hydrogen-bond donors (Lipinski definition) is 2. The van der Waals surface area contributed by atoms with Gasteiger partial charge in [-0.1, -0.05) is 25.3 Å². The van der Waals surface area contributed by atoms with Crippen LogP contribution in [0.4, 0.5) is 8.78 Å². The van der Waals surface area contributed by atoms with Crippen molar-refractivity contribution in [1.82, 2.24) is 9.97 Å². The predicted octanol–water partition coefficient (Wildman–Crippen LogP) is 4.68. The lowest BCUT2D eigenvalue weighted by atomic mass is 9.76. The van der Waals surface area contributed by atoms with Gasteiger partial charge in [0.15, 0.2) is 17.0 Å². The molecular formula is C25H27F2N3O3. The van der Waals surface area contributed by atoms with Crippen molar-refractivity contribution in [1.29, 1.82) is 0 Å². The molecule has 2 heterocycles. The lowest BCUT2D eigenvalue weighted by Gasteiger charge is -2.30. The Labute approximate surface area is 190 Å². The molecular weight excluding hydrogens is 428 g/mol. The van der Waals surface area contributed by atoms with Crippen molar-refractivity contribution in [3.8, 4) is 5.75 Å². The topological polar surface area (TPSA) is 98.1 Å². The number of carbonyl (C=O) groups excluding carboxylic acids is 1. The molecule has 174 valence electrons. The van der Waals surface area contributed by atoms with E-state index in [1.165, 1.54) is 63.7 Å². The Morgan fingerprint density at radius 3 is 2.67 bits per heavy atom. The second-order valence-corrected chi connectivity index (χ2v) is 8.66. The molecule has 0 aliphatic heterocycles. The van der Waals surface area contributed by atoms with Crippen LogP contribution in [0, 0.1) is 23.5 Å². The summed E-state index contributed by atoms with van der Waals surface area (Å²) >= 11 is 0. The molecule has 3 atom stereocenters. The van der Waals surface area contributed by atoms with Gasteiger partial charge in [0.05, 0.1) is 18.0 Å². The molecule has 3 aromatic rings. The molecule has 0 radical (unpaired) electrons. The SMILES string of the molecule is COc1c(C2CC[C@@H]3CCCC[C@H]23)ccc(F)c1F.NC(=O)c1nccc2[nH]ccc(=O)c12. The van der Waals surface area contributed by atoms with Gasteiger partial charge in [0.2, 0.25) is 5.82 Å². The fourth-order valence-corrected chi connectivity index (χ4v) is 5.47. The standard InChI is InChI=1S/C16H20F2O.C9H7N3O2/c1-19-16-13(8-9-14(17)15(16)18)12-7-6-10-4-2-3-5-11(10)12;10-9(14)8-7-5(1-3-12-8)11-4-2-6(7)13/h8-12H,2-7H2,1H3;1-4H,(H2,10,14)(H,11,13)/t10-,11-,12?;/m0./s1. The lowest BCUT2D eigenvalue weighted by molar-refractivity contribution is 0.0997. The molecule has 2 aromatic heterocycles. The van der Waals surface area contributed by atoms with E-state index >= 15 is 0 Å². The average molecular weight is 456 g/mol. The molecule has 5 rings (SSSR count). The highest BCUT2D eigenvalue weighted by atomic mass is 19.2. The van der Waals surface area contributed by atoms with Crippen molar-refractivity contribution in [3.63, 3.8) is 0 Å². The van der Waals surface area contributed by atoms with Crippen molar-refractivity contribution in [2.75, 3.05) is 7.11 Å². The third kappa shape index (κ3) is 4.47. The third-order valence-corrected chi connectivity index (χ3v) is 6.92. The summed E-state index contributed by atoms with van der Waals surface area (Å²) in [7, 11) is 1.43. The van der Waals surface area contributed by atoms with Gasteiger partial charge in [-0.05, 0) is 49.1 Å². The molecule has 1 aromatic carbocycles. The number of halogens is 2. The molecule has 0 bridgehead atoms. The second-order valence-electron chi connectivity index (χ2n) is 8.66. The smallest absolute Gasteiger partial charge is 0.268 e. The number of rotatable bonds is 3. The van der Waals surface area contributed by atoms with E-state index < -0.39 is 17.5 Å². The van der Waals surface area contributed by atoms with Crippen molar-refractivity contribution < 1.29 is 18.3 Å². The number of ether oxygens (including phenoxy) is 1. The molecule has 2 aliphatic rings. The van der Waals surface area contributed by atoms with Gasteiger partial charge in [-0.2, -0.15) is 4.39 Å². The Kier molecular flexibility index (Phi) is 6.72. The summed E-state index contributed by atoms with van der Waals surface area (Å²) in [6.45, 7) is 0. The molecule has 0 spiro atoms. The highest BCUT2D eigenvalue weighted by molar-refractivity contribution is 6.03. The van der Waals surface area contributed by atoms with Crippen LogP contribution in [0.3, 0.4) is 0 Å². The number of aromatic nitrogens is 2. The van der Waals surface area contributed by atoms with E-state index in [0.717, 1.165) is 17.9 Å². The first-order valence-corrected chi connectivity index (χ1v) is 11.2. The maximum atomic E-state index is 13.8. The summed E-state index contributed by atoms with van der Waals surface area (Å²) < 4.78 is 32.3. The highest BCUT2D eigenvalue weighted by Gasteiger charge is 2.39. The van der Waals surface area contributed by atoms with E-state index in [2.05, 4.69) is 9.97 Å². The average Bonchev–Trinajstić information content (AvgIpc) is 3.25. The van der Waals surface area contributed by atoms with Gasteiger partial charge < -0.3 is 15.5 Å². The number of methoxy groups -OCH3 is 1. The highest BCUT2D eigenvalue weighted by Crippen LogP contribution is 2.52. The van der Waals surface area contributed by atoms with Gasteiger partial charge in [0.1, 0.15) is 5.69 Å². The number of fused-ring (bicyclic) bond motifs is 2. The minimum atomic E-state index is -0.834. The van der Waals surface area contributed by atoms with Crippen LogP contribution in [0.2, 0.25) is 0 Å². The van der Waals surface area contributed by atoms with Crippen LogP contribution < -0.4 is 15.9 Å². The molecule has 33 heavy (non-hydrogen) atoms. The summed E-state index contributed by atoms with van der Waals surface area (Å²) in [5, 5.41) is 0.238. The van der Waals surface area contributed by atoms with Crippen LogP contribution in [-0.4, -0.2) is 23.0 Å². The van der Waals surface area contributed by atoms with E-state index in [-0.39, 0.29) is 22.3 Å². The molecule has 0 saturated heterocycles. The molecule has 2 fully saturated rings. The quantitative estimate of drug-likeness (QED) is 0.599. The van der Waals surface area contributed by atoms with Crippen LogP contribution in [0.1, 0.15) is 60.5 Å². The van der Waals surface area contributed by atoms with Crippen molar-refractivity contribution in [2.24, 2.45) is 17.6 Å². The Bertz CT molecular complexity index is 1220. The summed E-state index contributed by atoms with van der Waals surface area (Å²) in [6, 6.07) is 5.90. The van der Waals surface area contributed by atoms with Crippen molar-refractivity contribution in [2.45, 2.75) is 44.4 Å². The number of carbonyl (C=O) groups is 1. The van der Waals surface area contributed by atoms with Crippen LogP contribution in [0.5, 0.6) is 5.75 Å². The second kappa shape index (κ2) is 9.68. The van der Waals surface area contributed by atoms with E-state index in [9.17, 15) is 18.4 Å². The predicted molar refractivity (Wildman–Crippen MR) is 121 cm³/mol.